The number of fused-ring (bicyclic) bond motifs is 1. The van der Waals surface area contributed by atoms with Crippen LogP contribution in [0.25, 0.3) is 27.8 Å². The molecule has 0 bridgehead atoms. The Morgan fingerprint density at radius 2 is 1.69 bits per heavy atom. The molecule has 5 nitrogen and oxygen atoms in total. The number of rotatable bonds is 6. The molecule has 0 amide bonds. The molecule has 0 spiro atoms. The van der Waals surface area contributed by atoms with E-state index in [1.54, 1.807) is 24.4 Å². The minimum atomic E-state index is -4.37. The number of nitrogens with zero attached hydrogens (tertiary/aromatic N) is 2. The lowest BCUT2D eigenvalue weighted by Gasteiger charge is -2.11. The van der Waals surface area contributed by atoms with Gasteiger partial charge in [0.05, 0.1) is 11.1 Å². The number of anilines is 1. The van der Waals surface area contributed by atoms with Gasteiger partial charge >= 0.3 is 12.1 Å². The van der Waals surface area contributed by atoms with Crippen molar-refractivity contribution >= 4 is 22.7 Å². The molecule has 2 N–H and O–H groups in total. The van der Waals surface area contributed by atoms with Crippen LogP contribution in [0.2, 0.25) is 0 Å². The predicted molar refractivity (Wildman–Crippen MR) is 132 cm³/mol. The first kappa shape index (κ1) is 23.2. The van der Waals surface area contributed by atoms with E-state index in [-0.39, 0.29) is 5.56 Å². The van der Waals surface area contributed by atoms with Gasteiger partial charge in [0.25, 0.3) is 0 Å². The lowest BCUT2D eigenvalue weighted by Crippen LogP contribution is -2.04. The summed E-state index contributed by atoms with van der Waals surface area (Å²) in [6.07, 6.45) is -0.816. The van der Waals surface area contributed by atoms with Gasteiger partial charge in [0.1, 0.15) is 5.65 Å². The number of hydrogen-bond donors (Lipinski definition) is 2. The van der Waals surface area contributed by atoms with Crippen molar-refractivity contribution in [2.24, 2.45) is 0 Å². The van der Waals surface area contributed by atoms with Crippen LogP contribution >= 0.6 is 0 Å². The summed E-state index contributed by atoms with van der Waals surface area (Å²) in [6.45, 7) is 0.502. The standard InChI is InChI=1S/C28H20F3N3O2/c29-28(30,31)23-9-7-19(8-10-23)22-14-20-11-12-34(26(20)33-17-22)25-6-1-3-18(13-25)16-32-24-5-2-4-21(15-24)27(35)36/h1-15,17,32H,16H2,(H,35,36). The van der Waals surface area contributed by atoms with Crippen molar-refractivity contribution in [2.45, 2.75) is 12.7 Å². The van der Waals surface area contributed by atoms with Crippen molar-refractivity contribution < 1.29 is 23.1 Å². The summed E-state index contributed by atoms with van der Waals surface area (Å²) in [5, 5.41) is 13.3. The van der Waals surface area contributed by atoms with Gasteiger partial charge in [-0.15, -0.1) is 0 Å². The summed E-state index contributed by atoms with van der Waals surface area (Å²) < 4.78 is 40.5. The van der Waals surface area contributed by atoms with Crippen LogP contribution in [0.4, 0.5) is 18.9 Å². The molecule has 0 radical (unpaired) electrons. The van der Waals surface area contributed by atoms with Crippen LogP contribution in [0.5, 0.6) is 0 Å². The highest BCUT2D eigenvalue weighted by Gasteiger charge is 2.30. The molecule has 0 saturated carbocycles. The Labute approximate surface area is 204 Å². The molecule has 0 atom stereocenters. The molecule has 0 saturated heterocycles. The van der Waals surface area contributed by atoms with E-state index in [1.807, 2.05) is 53.2 Å². The molecule has 5 aromatic rings. The highest BCUT2D eigenvalue weighted by atomic mass is 19.4. The minimum absolute atomic E-state index is 0.217. The fourth-order valence-corrected chi connectivity index (χ4v) is 4.02. The van der Waals surface area contributed by atoms with E-state index in [1.165, 1.54) is 12.1 Å². The molecule has 0 aliphatic heterocycles. The molecule has 0 fully saturated rings. The summed E-state index contributed by atoms with van der Waals surface area (Å²) >= 11 is 0. The Hall–Kier alpha value is -4.59. The molecule has 36 heavy (non-hydrogen) atoms. The van der Waals surface area contributed by atoms with Gasteiger partial charge in [-0.05, 0) is 65.7 Å². The molecule has 180 valence electrons. The monoisotopic (exact) mass is 487 g/mol. The molecule has 0 unspecified atom stereocenters. The van der Waals surface area contributed by atoms with Gasteiger partial charge in [0, 0.05) is 41.3 Å². The number of carboxylic acids is 1. The average Bonchev–Trinajstić information content (AvgIpc) is 3.31. The van der Waals surface area contributed by atoms with Crippen molar-refractivity contribution in [1.82, 2.24) is 9.55 Å². The van der Waals surface area contributed by atoms with Crippen molar-refractivity contribution in [3.05, 3.63) is 114 Å². The van der Waals surface area contributed by atoms with Crippen LogP contribution in [-0.4, -0.2) is 20.6 Å². The summed E-state index contributed by atoms with van der Waals surface area (Å²) in [4.78, 5) is 15.8. The van der Waals surface area contributed by atoms with Crippen LogP contribution in [0.15, 0.2) is 97.3 Å². The molecule has 3 aromatic carbocycles. The number of nitrogens with one attached hydrogen (secondary N) is 1. The maximum atomic E-state index is 12.9. The van der Waals surface area contributed by atoms with Crippen molar-refractivity contribution in [2.75, 3.05) is 5.32 Å². The number of halogens is 3. The van der Waals surface area contributed by atoms with Gasteiger partial charge in [-0.25, -0.2) is 9.78 Å². The first-order valence-corrected chi connectivity index (χ1v) is 11.1. The highest BCUT2D eigenvalue weighted by molar-refractivity contribution is 5.88. The molecule has 2 aromatic heterocycles. The van der Waals surface area contributed by atoms with E-state index in [9.17, 15) is 18.0 Å². The van der Waals surface area contributed by atoms with Gasteiger partial charge < -0.3 is 15.0 Å². The van der Waals surface area contributed by atoms with Crippen LogP contribution in [0, 0.1) is 0 Å². The van der Waals surface area contributed by atoms with E-state index in [0.717, 1.165) is 40.0 Å². The summed E-state index contributed by atoms with van der Waals surface area (Å²) in [5.74, 6) is -0.978. The smallest absolute Gasteiger partial charge is 0.416 e. The van der Waals surface area contributed by atoms with E-state index in [2.05, 4.69) is 10.3 Å². The van der Waals surface area contributed by atoms with Gasteiger partial charge in [0.2, 0.25) is 0 Å². The fourth-order valence-electron chi connectivity index (χ4n) is 4.02. The first-order valence-electron chi connectivity index (χ1n) is 11.1. The lowest BCUT2D eigenvalue weighted by molar-refractivity contribution is -0.137. The van der Waals surface area contributed by atoms with Gasteiger partial charge in [0.15, 0.2) is 0 Å². The second kappa shape index (κ2) is 9.22. The molecule has 0 aliphatic rings. The average molecular weight is 487 g/mol. The largest absolute Gasteiger partial charge is 0.478 e. The van der Waals surface area contributed by atoms with E-state index in [4.69, 9.17) is 5.11 Å². The Balaban J connectivity index is 1.37. The Kier molecular flexibility index (Phi) is 5.93. The molecular formula is C28H20F3N3O2. The van der Waals surface area contributed by atoms with Crippen LogP contribution in [0.3, 0.4) is 0 Å². The number of pyridine rings is 1. The lowest BCUT2D eigenvalue weighted by atomic mass is 10.0. The number of aromatic nitrogens is 2. The van der Waals surface area contributed by atoms with E-state index in [0.29, 0.717) is 17.8 Å². The SMILES string of the molecule is O=C(O)c1cccc(NCc2cccc(-n3ccc4cc(-c5ccc(C(F)(F)F)cc5)cnc43)c2)c1. The molecular weight excluding hydrogens is 467 g/mol. The zero-order valence-corrected chi connectivity index (χ0v) is 18.8. The Morgan fingerprint density at radius 1 is 0.917 bits per heavy atom. The maximum Gasteiger partial charge on any atom is 0.416 e. The van der Waals surface area contributed by atoms with Crippen molar-refractivity contribution in [3.8, 4) is 16.8 Å². The highest BCUT2D eigenvalue weighted by Crippen LogP contribution is 2.32. The molecule has 2 heterocycles. The third kappa shape index (κ3) is 4.79. The van der Waals surface area contributed by atoms with E-state index < -0.39 is 17.7 Å². The zero-order valence-electron chi connectivity index (χ0n) is 18.8. The first-order chi connectivity index (χ1) is 17.3. The summed E-state index contributed by atoms with van der Waals surface area (Å²) in [7, 11) is 0. The second-order valence-electron chi connectivity index (χ2n) is 8.31. The molecule has 0 aliphatic carbocycles. The molecule has 5 rings (SSSR count). The third-order valence-corrected chi connectivity index (χ3v) is 5.87. The predicted octanol–water partition coefficient (Wildman–Crippen LogP) is 7.02. The number of carbonyl (C=O) groups is 1. The molecule has 8 heteroatoms. The number of aromatic carboxylic acids is 1. The van der Waals surface area contributed by atoms with Crippen molar-refractivity contribution in [3.63, 3.8) is 0 Å². The van der Waals surface area contributed by atoms with Gasteiger partial charge in [-0.3, -0.25) is 0 Å². The summed E-state index contributed by atoms with van der Waals surface area (Å²) in [6, 6.07) is 23.4. The van der Waals surface area contributed by atoms with Gasteiger partial charge in [-0.2, -0.15) is 13.2 Å². The fraction of sp³-hybridized carbons (Fsp3) is 0.0714. The van der Waals surface area contributed by atoms with Crippen molar-refractivity contribution in [1.29, 1.82) is 0 Å². The Bertz CT molecular complexity index is 1560. The van der Waals surface area contributed by atoms with Crippen LogP contribution < -0.4 is 5.32 Å². The quantitative estimate of drug-likeness (QED) is 0.270. The number of alkyl halides is 3. The number of carboxylic acid groups (broad SMARTS) is 1. The van der Waals surface area contributed by atoms with Crippen LogP contribution in [0.1, 0.15) is 21.5 Å². The zero-order chi connectivity index (χ0) is 25.3. The Morgan fingerprint density at radius 3 is 2.44 bits per heavy atom. The topological polar surface area (TPSA) is 67.2 Å². The maximum absolute atomic E-state index is 12.9. The number of hydrogen-bond acceptors (Lipinski definition) is 3. The number of benzene rings is 3. The van der Waals surface area contributed by atoms with E-state index >= 15 is 0 Å². The second-order valence-corrected chi connectivity index (χ2v) is 8.31. The summed E-state index contributed by atoms with van der Waals surface area (Å²) in [5.41, 5.74) is 4.26. The normalized spacial score (nSPS) is 11.5. The third-order valence-electron chi connectivity index (χ3n) is 5.87. The van der Waals surface area contributed by atoms with Gasteiger partial charge in [-0.1, -0.05) is 30.3 Å². The minimum Gasteiger partial charge on any atom is -0.478 e. The van der Waals surface area contributed by atoms with Crippen LogP contribution in [-0.2, 0) is 12.7 Å².